The second-order valence-electron chi connectivity index (χ2n) is 3.99. The number of fused-ring (bicyclic) bond motifs is 1. The van der Waals surface area contributed by atoms with Gasteiger partial charge in [-0.1, -0.05) is 0 Å². The summed E-state index contributed by atoms with van der Waals surface area (Å²) in [6.07, 6.45) is -2.91. The lowest BCUT2D eigenvalue weighted by Crippen LogP contribution is -2.08. The average molecular weight is 258 g/mol. The monoisotopic (exact) mass is 258 g/mol. The third kappa shape index (κ3) is 2.81. The summed E-state index contributed by atoms with van der Waals surface area (Å²) < 4.78 is 42.9. The van der Waals surface area contributed by atoms with Crippen molar-refractivity contribution < 1.29 is 17.6 Å². The molecule has 0 saturated carbocycles. The predicted octanol–water partition coefficient (Wildman–Crippen LogP) is 3.00. The quantitative estimate of drug-likeness (QED) is 0.857. The molecule has 1 aromatic heterocycles. The number of halogens is 3. The van der Waals surface area contributed by atoms with E-state index < -0.39 is 11.7 Å². The number of benzene rings is 1. The Hall–Kier alpha value is -1.56. The molecular weight excluding hydrogens is 245 g/mol. The van der Waals surface area contributed by atoms with Crippen LogP contribution in [-0.4, -0.2) is 18.6 Å². The van der Waals surface area contributed by atoms with Crippen LogP contribution in [0.25, 0.3) is 11.1 Å². The summed E-state index contributed by atoms with van der Waals surface area (Å²) in [5.41, 5.74) is -0.0585. The highest BCUT2D eigenvalue weighted by Gasteiger charge is 2.30. The molecule has 0 aliphatic heterocycles. The summed E-state index contributed by atoms with van der Waals surface area (Å²) in [5.74, 6) is 0.472. The van der Waals surface area contributed by atoms with Crippen molar-refractivity contribution >= 4 is 11.1 Å². The normalized spacial score (nSPS) is 12.2. The molecule has 0 atom stereocenters. The molecule has 0 bridgehead atoms. The van der Waals surface area contributed by atoms with Crippen LogP contribution < -0.4 is 5.32 Å². The first kappa shape index (κ1) is 12.9. The zero-order valence-electron chi connectivity index (χ0n) is 9.84. The minimum absolute atomic E-state index is 0.254. The van der Waals surface area contributed by atoms with Crippen LogP contribution in [0.1, 0.15) is 17.9 Å². The van der Waals surface area contributed by atoms with Crippen LogP contribution in [0.5, 0.6) is 0 Å². The van der Waals surface area contributed by atoms with Crippen molar-refractivity contribution in [2.75, 3.05) is 13.6 Å². The minimum atomic E-state index is -4.35. The first-order valence-corrected chi connectivity index (χ1v) is 5.62. The Bertz CT molecular complexity index is 534. The van der Waals surface area contributed by atoms with Crippen LogP contribution in [-0.2, 0) is 12.6 Å². The van der Waals surface area contributed by atoms with E-state index in [1.807, 2.05) is 7.05 Å². The van der Waals surface area contributed by atoms with Crippen molar-refractivity contribution in [1.82, 2.24) is 10.3 Å². The van der Waals surface area contributed by atoms with Crippen molar-refractivity contribution in [2.45, 2.75) is 19.0 Å². The smallest absolute Gasteiger partial charge is 0.416 e. The van der Waals surface area contributed by atoms with Gasteiger partial charge in [-0.25, -0.2) is 4.98 Å². The molecule has 0 spiro atoms. The van der Waals surface area contributed by atoms with Crippen molar-refractivity contribution in [3.63, 3.8) is 0 Å². The van der Waals surface area contributed by atoms with Gasteiger partial charge in [0, 0.05) is 6.42 Å². The number of hydrogen-bond acceptors (Lipinski definition) is 3. The maximum absolute atomic E-state index is 12.5. The second-order valence-corrected chi connectivity index (χ2v) is 3.99. The lowest BCUT2D eigenvalue weighted by molar-refractivity contribution is -0.137. The van der Waals surface area contributed by atoms with E-state index in [1.54, 1.807) is 0 Å². The van der Waals surface area contributed by atoms with Crippen molar-refractivity contribution in [3.8, 4) is 0 Å². The molecule has 2 rings (SSSR count). The van der Waals surface area contributed by atoms with Gasteiger partial charge in [0.25, 0.3) is 0 Å². The van der Waals surface area contributed by atoms with Crippen molar-refractivity contribution in [2.24, 2.45) is 0 Å². The number of rotatable bonds is 4. The molecule has 0 aliphatic carbocycles. The van der Waals surface area contributed by atoms with Crippen LogP contribution in [0.2, 0.25) is 0 Å². The highest BCUT2D eigenvalue weighted by Crippen LogP contribution is 2.31. The highest BCUT2D eigenvalue weighted by atomic mass is 19.4. The van der Waals surface area contributed by atoms with E-state index in [-0.39, 0.29) is 5.52 Å². The molecule has 0 aliphatic rings. The fourth-order valence-electron chi connectivity index (χ4n) is 1.67. The number of aryl methyl sites for hydroxylation is 1. The molecule has 2 aromatic rings. The lowest BCUT2D eigenvalue weighted by atomic mass is 10.2. The number of aromatic nitrogens is 1. The van der Waals surface area contributed by atoms with Crippen LogP contribution in [0.15, 0.2) is 22.6 Å². The van der Waals surface area contributed by atoms with E-state index in [1.165, 1.54) is 6.07 Å². The molecule has 0 unspecified atom stereocenters. The molecule has 0 fully saturated rings. The summed E-state index contributed by atoms with van der Waals surface area (Å²) in [4.78, 5) is 4.06. The first-order valence-electron chi connectivity index (χ1n) is 5.62. The van der Waals surface area contributed by atoms with Gasteiger partial charge in [-0.05, 0) is 38.2 Å². The van der Waals surface area contributed by atoms with Gasteiger partial charge in [0.1, 0.15) is 5.52 Å². The first-order chi connectivity index (χ1) is 8.50. The predicted molar refractivity (Wildman–Crippen MR) is 61.3 cm³/mol. The number of hydrogen-bond donors (Lipinski definition) is 1. The van der Waals surface area contributed by atoms with E-state index in [2.05, 4.69) is 10.3 Å². The Morgan fingerprint density at radius 3 is 2.78 bits per heavy atom. The maximum atomic E-state index is 12.5. The Kier molecular flexibility index (Phi) is 3.56. The van der Waals surface area contributed by atoms with Gasteiger partial charge in [-0.2, -0.15) is 13.2 Å². The Balaban J connectivity index is 2.23. The average Bonchev–Trinajstić information content (AvgIpc) is 2.69. The standard InChI is InChI=1S/C12H13F3N2O/c1-16-6-2-3-11-17-9-7-8(12(13,14)15)4-5-10(9)18-11/h4-5,7,16H,2-3,6H2,1H3. The van der Waals surface area contributed by atoms with E-state index in [9.17, 15) is 13.2 Å². The van der Waals surface area contributed by atoms with Gasteiger partial charge in [0.2, 0.25) is 0 Å². The zero-order chi connectivity index (χ0) is 13.2. The molecule has 18 heavy (non-hydrogen) atoms. The third-order valence-corrected chi connectivity index (χ3v) is 2.58. The summed E-state index contributed by atoms with van der Waals surface area (Å²) in [6.45, 7) is 0.812. The van der Waals surface area contributed by atoms with Crippen molar-refractivity contribution in [1.29, 1.82) is 0 Å². The number of oxazole rings is 1. The molecule has 1 aromatic carbocycles. The van der Waals surface area contributed by atoms with Gasteiger partial charge in [-0.15, -0.1) is 0 Å². The molecule has 1 N–H and O–H groups in total. The van der Waals surface area contributed by atoms with E-state index in [0.29, 0.717) is 17.9 Å². The highest BCUT2D eigenvalue weighted by molar-refractivity contribution is 5.73. The zero-order valence-corrected chi connectivity index (χ0v) is 9.84. The summed E-state index contributed by atoms with van der Waals surface area (Å²) in [5, 5.41) is 2.98. The van der Waals surface area contributed by atoms with E-state index in [4.69, 9.17) is 4.42 Å². The van der Waals surface area contributed by atoms with Gasteiger partial charge in [0.05, 0.1) is 5.56 Å². The van der Waals surface area contributed by atoms with Gasteiger partial charge in [-0.3, -0.25) is 0 Å². The third-order valence-electron chi connectivity index (χ3n) is 2.58. The Morgan fingerprint density at radius 1 is 1.33 bits per heavy atom. The summed E-state index contributed by atoms with van der Waals surface area (Å²) in [6, 6.07) is 3.33. The molecule has 6 heteroatoms. The molecule has 0 radical (unpaired) electrons. The summed E-state index contributed by atoms with van der Waals surface area (Å²) >= 11 is 0. The fourth-order valence-corrected chi connectivity index (χ4v) is 1.67. The van der Waals surface area contributed by atoms with Gasteiger partial charge >= 0.3 is 6.18 Å². The van der Waals surface area contributed by atoms with Crippen LogP contribution in [0.4, 0.5) is 13.2 Å². The molecule has 98 valence electrons. The van der Waals surface area contributed by atoms with E-state index in [0.717, 1.165) is 25.1 Å². The topological polar surface area (TPSA) is 38.1 Å². The number of nitrogens with zero attached hydrogens (tertiary/aromatic N) is 1. The van der Waals surface area contributed by atoms with E-state index >= 15 is 0 Å². The molecule has 3 nitrogen and oxygen atoms in total. The maximum Gasteiger partial charge on any atom is 0.416 e. The Labute approximate surface area is 102 Å². The molecule has 1 heterocycles. The lowest BCUT2D eigenvalue weighted by Gasteiger charge is -2.04. The molecule has 0 saturated heterocycles. The van der Waals surface area contributed by atoms with Crippen molar-refractivity contribution in [3.05, 3.63) is 29.7 Å². The number of alkyl halides is 3. The Morgan fingerprint density at radius 2 is 2.11 bits per heavy atom. The summed E-state index contributed by atoms with van der Waals surface area (Å²) in [7, 11) is 1.83. The van der Waals surface area contributed by atoms with Gasteiger partial charge < -0.3 is 9.73 Å². The molecule has 0 amide bonds. The van der Waals surface area contributed by atoms with Crippen LogP contribution in [0, 0.1) is 0 Å². The molecular formula is C12H13F3N2O. The SMILES string of the molecule is CNCCCc1nc2cc(C(F)(F)F)ccc2o1. The number of nitrogens with one attached hydrogen (secondary N) is 1. The fraction of sp³-hybridized carbons (Fsp3) is 0.417. The van der Waals surface area contributed by atoms with Gasteiger partial charge in [0.15, 0.2) is 11.5 Å². The minimum Gasteiger partial charge on any atom is -0.441 e. The largest absolute Gasteiger partial charge is 0.441 e. The van der Waals surface area contributed by atoms with Crippen LogP contribution in [0.3, 0.4) is 0 Å². The van der Waals surface area contributed by atoms with Crippen LogP contribution >= 0.6 is 0 Å². The second kappa shape index (κ2) is 4.97.